The van der Waals surface area contributed by atoms with Gasteiger partial charge in [-0.2, -0.15) is 29.8 Å². The summed E-state index contributed by atoms with van der Waals surface area (Å²) in [5.74, 6) is -3.63. The summed E-state index contributed by atoms with van der Waals surface area (Å²) in [6, 6.07) is 9.62. The van der Waals surface area contributed by atoms with E-state index in [2.05, 4.69) is 21.0 Å². The fourth-order valence-electron chi connectivity index (χ4n) is 13.0. The van der Waals surface area contributed by atoms with Gasteiger partial charge in [0.1, 0.15) is 27.6 Å². The first-order chi connectivity index (χ1) is 45.2. The van der Waals surface area contributed by atoms with E-state index in [1.54, 1.807) is 41.3 Å². The number of unbranched alkanes of at least 4 members (excludes halogenated alkanes) is 2. The molecule has 7 N–H and O–H groups in total. The summed E-state index contributed by atoms with van der Waals surface area (Å²) in [6.07, 6.45) is 13.9. The maximum Gasteiger partial charge on any atom is 0.333 e. The van der Waals surface area contributed by atoms with Crippen molar-refractivity contribution in [1.29, 1.82) is 0 Å². The SMILES string of the molecule is CC1(C)C2=[N+](CCCCCC(=O)NC(C(=O)NCCCCCC(=O)ON3C(=O)CCC3=O)CCCCNC(=O)CCCCCC3(C)/C(=C/C=C/C=C/2)N(CCCS(=O)(=O)O)c2ccc4c(S(=O)(=O)O)cc(S(=O)(=O)O)cc4c23)c2ccc3c(SOOO)cc(S(=O)(=O)[O-])cc3c21. The van der Waals surface area contributed by atoms with Crippen LogP contribution < -0.4 is 20.9 Å². The Morgan fingerprint density at radius 2 is 1.42 bits per heavy atom. The van der Waals surface area contributed by atoms with Crippen molar-refractivity contribution in [2.45, 2.75) is 179 Å². The maximum absolute atomic E-state index is 13.7. The van der Waals surface area contributed by atoms with Gasteiger partial charge < -0.3 is 30.2 Å². The summed E-state index contributed by atoms with van der Waals surface area (Å²) in [4.78, 5) is 81.3. The molecule has 522 valence electrons. The molecule has 0 spiro atoms. The lowest BCUT2D eigenvalue weighted by molar-refractivity contribution is -0.438. The molecule has 28 nitrogen and oxygen atoms in total. The zero-order chi connectivity index (χ0) is 70.0. The number of allylic oxidation sites excluding steroid dienone is 6. The largest absolute Gasteiger partial charge is 0.744 e. The van der Waals surface area contributed by atoms with E-state index in [9.17, 15) is 80.6 Å². The van der Waals surface area contributed by atoms with Gasteiger partial charge in [0.15, 0.2) is 5.71 Å². The average molecular weight is 1430 g/mol. The van der Waals surface area contributed by atoms with E-state index >= 15 is 0 Å². The number of amides is 5. The Bertz CT molecular complexity index is 4290. The summed E-state index contributed by atoms with van der Waals surface area (Å²) < 4.78 is 152. The number of imide groups is 1. The third-order valence-corrected chi connectivity index (χ3v) is 21.5. The van der Waals surface area contributed by atoms with E-state index in [0.29, 0.717) is 145 Å². The Labute approximate surface area is 560 Å². The molecule has 33 heteroatoms. The van der Waals surface area contributed by atoms with Crippen molar-refractivity contribution in [1.82, 2.24) is 21.0 Å². The van der Waals surface area contributed by atoms with Gasteiger partial charge in [-0.25, -0.2) is 18.5 Å². The summed E-state index contributed by atoms with van der Waals surface area (Å²) >= 11 is 0.479. The molecule has 4 aromatic carbocycles. The number of nitrogens with zero attached hydrogens (tertiary/aromatic N) is 3. The Kier molecular flexibility index (Phi) is 24.7. The summed E-state index contributed by atoms with van der Waals surface area (Å²) in [7, 11) is -19.8. The minimum absolute atomic E-state index is 0.0280. The molecule has 0 radical (unpaired) electrons. The molecule has 2 unspecified atom stereocenters. The number of hydrogen-bond acceptors (Lipinski definition) is 21. The lowest BCUT2D eigenvalue weighted by Gasteiger charge is -2.31. The number of hydroxylamine groups is 2. The Morgan fingerprint density at radius 3 is 2.10 bits per heavy atom. The standard InChI is InChI=1S/C63H78N6O22S5/c1-62(2)52-20-8-4-9-21-53-63(3,60-46-38-42(95(83,84)85)40-51(96(86,87)88)44(46)26-28-49(60)68(53)35-18-36-93(77,78)79)31-14-5-10-22-54(70)64-32-16-13-19-47(61(75)65-33-15-6-12-24-58(74)89-69-56(72)29-30-57(69)73)66-55(71)23-11-7-17-34-67(52)48-27-25-43-45(59(48)62)37-41(94(80,81)82)39-50(43)92-91-90-76/h4,8-9,20-21,25-28,37-40,47H,5-7,10-19,22-24,29-36H2,1-3H3,(H7-,64,65,66,70,71,75,76,77,78,79,80,81,82,83,84,85,86,87,88). The van der Waals surface area contributed by atoms with Crippen LogP contribution in [0.1, 0.15) is 154 Å². The van der Waals surface area contributed by atoms with Crippen LogP contribution in [0.5, 0.6) is 0 Å². The molecule has 4 aliphatic rings. The van der Waals surface area contributed by atoms with Gasteiger partial charge in [0.05, 0.1) is 33.0 Å². The highest BCUT2D eigenvalue weighted by Gasteiger charge is 2.47. The predicted octanol–water partition coefficient (Wildman–Crippen LogP) is 7.83. The van der Waals surface area contributed by atoms with E-state index in [0.717, 1.165) is 12.1 Å². The van der Waals surface area contributed by atoms with Gasteiger partial charge in [0.2, 0.25) is 23.4 Å². The topological polar surface area (TPSA) is 416 Å². The molecule has 5 amide bonds. The van der Waals surface area contributed by atoms with Gasteiger partial charge in [0, 0.05) is 103 Å². The van der Waals surface area contributed by atoms with Crippen LogP contribution in [0.4, 0.5) is 11.4 Å². The predicted molar refractivity (Wildman–Crippen MR) is 350 cm³/mol. The number of rotatable bonds is 18. The van der Waals surface area contributed by atoms with Gasteiger partial charge in [-0.15, -0.1) is 9.40 Å². The molecule has 0 aliphatic carbocycles. The smallest absolute Gasteiger partial charge is 0.333 e. The first-order valence-corrected chi connectivity index (χ1v) is 38.0. The maximum atomic E-state index is 13.7. The second kappa shape index (κ2) is 31.7. The number of fused-ring (bicyclic) bond motifs is 9. The van der Waals surface area contributed by atoms with Crippen LogP contribution in [0.15, 0.2) is 104 Å². The zero-order valence-electron chi connectivity index (χ0n) is 53.1. The van der Waals surface area contributed by atoms with Crippen LogP contribution in [0.2, 0.25) is 0 Å². The highest BCUT2D eigenvalue weighted by molar-refractivity contribution is 7.94. The molecule has 96 heavy (non-hydrogen) atoms. The van der Waals surface area contributed by atoms with Gasteiger partial charge in [0.25, 0.3) is 42.2 Å². The van der Waals surface area contributed by atoms with E-state index in [-0.39, 0.29) is 98.5 Å². The van der Waals surface area contributed by atoms with Gasteiger partial charge in [-0.1, -0.05) is 48.6 Å². The molecule has 8 rings (SSSR count). The quantitative estimate of drug-likeness (QED) is 0.00948. The van der Waals surface area contributed by atoms with Crippen LogP contribution in [0.3, 0.4) is 0 Å². The highest BCUT2D eigenvalue weighted by atomic mass is 32.2. The second-order valence-corrected chi connectivity index (χ2v) is 31.2. The molecule has 0 bridgehead atoms. The molecule has 1 fully saturated rings. The van der Waals surface area contributed by atoms with Crippen LogP contribution in [-0.4, -0.2) is 146 Å². The highest BCUT2D eigenvalue weighted by Crippen LogP contribution is 2.55. The fraction of sp³-hybridized carbons (Fsp3) is 0.476. The van der Waals surface area contributed by atoms with Crippen molar-refractivity contribution in [2.24, 2.45) is 0 Å². The third-order valence-electron chi connectivity index (χ3n) is 17.5. The molecular weight excluding hydrogens is 1350 g/mol. The second-order valence-electron chi connectivity index (χ2n) is 24.6. The Hall–Kier alpha value is -7.02. The summed E-state index contributed by atoms with van der Waals surface area (Å²) in [5, 5.41) is 22.8. The van der Waals surface area contributed by atoms with Gasteiger partial charge >= 0.3 is 5.97 Å². The monoisotopic (exact) mass is 1430 g/mol. The Balaban J connectivity index is 1.13. The number of hydrogen-bond donors (Lipinski definition) is 7. The number of carbonyl (C=O) groups excluding carboxylic acids is 6. The van der Waals surface area contributed by atoms with Crippen molar-refractivity contribution < 1.29 is 105 Å². The normalized spacial score (nSPS) is 21.2. The summed E-state index contributed by atoms with van der Waals surface area (Å²) in [5.41, 5.74) is 1.10. The van der Waals surface area contributed by atoms with E-state index < -0.39 is 101 Å². The number of carbonyl (C=O) groups is 6. The molecule has 0 saturated carbocycles. The summed E-state index contributed by atoms with van der Waals surface area (Å²) in [6.45, 7) is 6.39. The minimum Gasteiger partial charge on any atom is -0.744 e. The first-order valence-electron chi connectivity index (χ1n) is 31.4. The number of anilines is 1. The van der Waals surface area contributed by atoms with E-state index in [1.807, 2.05) is 37.5 Å². The molecule has 2 atom stereocenters. The molecular formula is C63H78N6O22S5. The van der Waals surface area contributed by atoms with E-state index in [4.69, 9.17) is 14.4 Å². The number of benzene rings is 4. The van der Waals surface area contributed by atoms with Crippen molar-refractivity contribution in [3.63, 3.8) is 0 Å². The average Bonchev–Trinajstić information content (AvgIpc) is 1.53. The van der Waals surface area contributed by atoms with Crippen LogP contribution in [0, 0.1) is 0 Å². The molecule has 4 aliphatic heterocycles. The van der Waals surface area contributed by atoms with Crippen molar-refractivity contribution in [3.05, 3.63) is 95.7 Å². The molecule has 1 saturated heterocycles. The van der Waals surface area contributed by atoms with Crippen LogP contribution in [-0.2, 0) is 94.3 Å². The van der Waals surface area contributed by atoms with Crippen LogP contribution in [0.25, 0.3) is 21.5 Å². The van der Waals surface area contributed by atoms with Crippen molar-refractivity contribution in [3.8, 4) is 0 Å². The zero-order valence-corrected chi connectivity index (χ0v) is 57.2. The Morgan fingerprint density at radius 1 is 0.729 bits per heavy atom. The first kappa shape index (κ1) is 74.8. The van der Waals surface area contributed by atoms with Crippen molar-refractivity contribution in [2.75, 3.05) is 36.8 Å². The third kappa shape index (κ3) is 18.4. The van der Waals surface area contributed by atoms with E-state index in [1.165, 1.54) is 12.1 Å². The van der Waals surface area contributed by atoms with Gasteiger partial charge in [-0.05, 0) is 149 Å². The fourth-order valence-corrected chi connectivity index (χ4v) is 16.0. The van der Waals surface area contributed by atoms with Gasteiger partial charge in [-0.3, -0.25) is 37.6 Å². The minimum atomic E-state index is -5.15. The molecule has 4 heterocycles. The molecule has 4 aromatic rings. The van der Waals surface area contributed by atoms with Crippen LogP contribution >= 0.6 is 12.0 Å². The van der Waals surface area contributed by atoms with Crippen molar-refractivity contribution >= 4 is 127 Å². The number of nitrogens with one attached hydrogen (secondary N) is 3. The molecule has 0 aromatic heterocycles. The lowest BCUT2D eigenvalue weighted by atomic mass is 9.75. The lowest BCUT2D eigenvalue weighted by Crippen LogP contribution is -2.47.